The van der Waals surface area contributed by atoms with E-state index in [-0.39, 0.29) is 0 Å². The summed E-state index contributed by atoms with van der Waals surface area (Å²) in [5.74, 6) is 2.94. The molecule has 2 rings (SSSR count). The highest BCUT2D eigenvalue weighted by molar-refractivity contribution is 7.99. The summed E-state index contributed by atoms with van der Waals surface area (Å²) in [6, 6.07) is 4.39. The number of nitrogens with one attached hydrogen (secondary N) is 1. The Morgan fingerprint density at radius 1 is 1.25 bits per heavy atom. The first-order valence-corrected chi connectivity index (χ1v) is 8.34. The number of ether oxygens (including phenoxy) is 2. The second-order valence-electron chi connectivity index (χ2n) is 5.23. The van der Waals surface area contributed by atoms with Crippen molar-refractivity contribution in [2.75, 3.05) is 20.8 Å². The van der Waals surface area contributed by atoms with Crippen molar-refractivity contribution in [2.45, 2.75) is 43.7 Å². The molecule has 0 saturated carbocycles. The van der Waals surface area contributed by atoms with Gasteiger partial charge in [-0.2, -0.15) is 11.8 Å². The Hall–Kier alpha value is -0.870. The number of benzene rings is 1. The lowest BCUT2D eigenvalue weighted by Gasteiger charge is -2.23. The molecule has 1 aromatic carbocycles. The van der Waals surface area contributed by atoms with Crippen molar-refractivity contribution in [3.8, 4) is 11.5 Å². The molecule has 0 spiro atoms. The molecule has 0 fully saturated rings. The molecule has 0 saturated heterocycles. The molecule has 1 aliphatic rings. The van der Waals surface area contributed by atoms with Gasteiger partial charge in [-0.1, -0.05) is 13.8 Å². The van der Waals surface area contributed by atoms with E-state index in [0.29, 0.717) is 11.3 Å². The Morgan fingerprint density at radius 3 is 2.60 bits per heavy atom. The van der Waals surface area contributed by atoms with Gasteiger partial charge in [0.15, 0.2) is 0 Å². The SMILES string of the molecule is CCCNC1CC(C)SCc2c(OC)ccc(OC)c21. The van der Waals surface area contributed by atoms with E-state index in [1.807, 2.05) is 23.9 Å². The van der Waals surface area contributed by atoms with Gasteiger partial charge in [-0.15, -0.1) is 0 Å². The minimum Gasteiger partial charge on any atom is -0.496 e. The number of hydrogen-bond donors (Lipinski definition) is 1. The summed E-state index contributed by atoms with van der Waals surface area (Å²) < 4.78 is 11.2. The Balaban J connectivity index is 2.46. The van der Waals surface area contributed by atoms with Crippen LogP contribution in [0.1, 0.15) is 43.9 Å². The fraction of sp³-hybridized carbons (Fsp3) is 0.625. The van der Waals surface area contributed by atoms with Gasteiger partial charge in [-0.05, 0) is 31.5 Å². The van der Waals surface area contributed by atoms with Crippen LogP contribution in [0.5, 0.6) is 11.5 Å². The van der Waals surface area contributed by atoms with Crippen molar-refractivity contribution >= 4 is 11.8 Å². The molecule has 2 atom stereocenters. The van der Waals surface area contributed by atoms with Crippen molar-refractivity contribution in [1.29, 1.82) is 0 Å². The molecular weight excluding hydrogens is 270 g/mol. The van der Waals surface area contributed by atoms with Crippen LogP contribution in [0.15, 0.2) is 12.1 Å². The van der Waals surface area contributed by atoms with Crippen LogP contribution in [0.2, 0.25) is 0 Å². The molecule has 2 unspecified atom stereocenters. The summed E-state index contributed by atoms with van der Waals surface area (Å²) in [6.45, 7) is 5.53. The van der Waals surface area contributed by atoms with E-state index < -0.39 is 0 Å². The largest absolute Gasteiger partial charge is 0.496 e. The van der Waals surface area contributed by atoms with Gasteiger partial charge < -0.3 is 14.8 Å². The van der Waals surface area contributed by atoms with E-state index in [2.05, 4.69) is 19.2 Å². The second-order valence-corrected chi connectivity index (χ2v) is 6.65. The third-order valence-electron chi connectivity index (χ3n) is 3.78. The molecule has 4 heteroatoms. The van der Waals surface area contributed by atoms with Gasteiger partial charge >= 0.3 is 0 Å². The monoisotopic (exact) mass is 295 g/mol. The number of methoxy groups -OCH3 is 2. The second kappa shape index (κ2) is 7.23. The summed E-state index contributed by atoms with van der Waals surface area (Å²) in [4.78, 5) is 0. The number of rotatable bonds is 5. The molecule has 3 nitrogen and oxygen atoms in total. The van der Waals surface area contributed by atoms with Gasteiger partial charge in [-0.3, -0.25) is 0 Å². The third-order valence-corrected chi connectivity index (χ3v) is 5.00. The Kier molecular flexibility index (Phi) is 5.61. The minimum atomic E-state index is 0.347. The van der Waals surface area contributed by atoms with Crippen LogP contribution < -0.4 is 14.8 Å². The van der Waals surface area contributed by atoms with Crippen molar-refractivity contribution in [2.24, 2.45) is 0 Å². The Bertz CT molecular complexity index is 450. The molecule has 0 aromatic heterocycles. The highest BCUT2D eigenvalue weighted by Crippen LogP contribution is 2.43. The molecule has 1 aromatic rings. The van der Waals surface area contributed by atoms with Crippen LogP contribution in [-0.4, -0.2) is 26.0 Å². The van der Waals surface area contributed by atoms with Crippen LogP contribution in [0.3, 0.4) is 0 Å². The molecule has 0 aliphatic carbocycles. The standard InChI is InChI=1S/C16H25NO2S/c1-5-8-17-13-9-11(2)20-10-12-14(18-3)6-7-15(19-4)16(12)13/h6-7,11,13,17H,5,8-10H2,1-4H3. The fourth-order valence-electron chi connectivity index (χ4n) is 2.77. The molecule has 0 bridgehead atoms. The molecule has 1 aliphatic heterocycles. The maximum atomic E-state index is 5.61. The van der Waals surface area contributed by atoms with Gasteiger partial charge in [0.05, 0.1) is 14.2 Å². The predicted octanol–water partition coefficient (Wildman–Crippen LogP) is 3.77. The Morgan fingerprint density at radius 2 is 1.95 bits per heavy atom. The average molecular weight is 295 g/mol. The fourth-order valence-corrected chi connectivity index (χ4v) is 3.85. The van der Waals surface area contributed by atoms with Crippen LogP contribution >= 0.6 is 11.8 Å². The van der Waals surface area contributed by atoms with Gasteiger partial charge in [-0.25, -0.2) is 0 Å². The van der Waals surface area contributed by atoms with Crippen LogP contribution in [0, 0.1) is 0 Å². The summed E-state index contributed by atoms with van der Waals surface area (Å²) in [6.07, 6.45) is 2.26. The highest BCUT2D eigenvalue weighted by atomic mass is 32.2. The van der Waals surface area contributed by atoms with Crippen molar-refractivity contribution in [3.63, 3.8) is 0 Å². The van der Waals surface area contributed by atoms with E-state index in [0.717, 1.165) is 36.6 Å². The lowest BCUT2D eigenvalue weighted by molar-refractivity contribution is 0.384. The van der Waals surface area contributed by atoms with Crippen LogP contribution in [0.4, 0.5) is 0 Å². The highest BCUT2D eigenvalue weighted by Gasteiger charge is 2.27. The van der Waals surface area contributed by atoms with Crippen molar-refractivity contribution in [1.82, 2.24) is 5.32 Å². The molecule has 0 amide bonds. The number of hydrogen-bond acceptors (Lipinski definition) is 4. The van der Waals surface area contributed by atoms with E-state index in [1.54, 1.807) is 14.2 Å². The van der Waals surface area contributed by atoms with Gasteiger partial charge in [0.2, 0.25) is 0 Å². The lowest BCUT2D eigenvalue weighted by Crippen LogP contribution is -2.25. The van der Waals surface area contributed by atoms with E-state index in [4.69, 9.17) is 9.47 Å². The molecule has 0 radical (unpaired) electrons. The van der Waals surface area contributed by atoms with Crippen molar-refractivity contribution < 1.29 is 9.47 Å². The quantitative estimate of drug-likeness (QED) is 0.896. The summed E-state index contributed by atoms with van der Waals surface area (Å²) >= 11 is 1.99. The van der Waals surface area contributed by atoms with Crippen molar-refractivity contribution in [3.05, 3.63) is 23.3 Å². The topological polar surface area (TPSA) is 30.5 Å². The maximum Gasteiger partial charge on any atom is 0.124 e. The zero-order valence-corrected chi connectivity index (χ0v) is 13.7. The summed E-state index contributed by atoms with van der Waals surface area (Å²) in [5.41, 5.74) is 2.58. The lowest BCUT2D eigenvalue weighted by atomic mass is 9.95. The number of fused-ring (bicyclic) bond motifs is 1. The summed E-state index contributed by atoms with van der Waals surface area (Å²) in [5, 5.41) is 4.31. The first kappa shape index (κ1) is 15.5. The third kappa shape index (κ3) is 3.23. The summed E-state index contributed by atoms with van der Waals surface area (Å²) in [7, 11) is 3.50. The molecule has 1 heterocycles. The zero-order chi connectivity index (χ0) is 14.5. The first-order chi connectivity index (χ1) is 9.71. The smallest absolute Gasteiger partial charge is 0.124 e. The van der Waals surface area contributed by atoms with Crippen LogP contribution in [0.25, 0.3) is 0 Å². The van der Waals surface area contributed by atoms with Gasteiger partial charge in [0.1, 0.15) is 11.5 Å². The predicted molar refractivity (Wildman–Crippen MR) is 86.0 cm³/mol. The molecule has 20 heavy (non-hydrogen) atoms. The average Bonchev–Trinajstić information content (AvgIpc) is 2.64. The van der Waals surface area contributed by atoms with E-state index in [1.165, 1.54) is 11.1 Å². The minimum absolute atomic E-state index is 0.347. The Labute approximate surface area is 126 Å². The number of thioether (sulfide) groups is 1. The van der Waals surface area contributed by atoms with Crippen LogP contribution in [-0.2, 0) is 5.75 Å². The van der Waals surface area contributed by atoms with Gasteiger partial charge in [0.25, 0.3) is 0 Å². The molecule has 1 N–H and O–H groups in total. The van der Waals surface area contributed by atoms with E-state index in [9.17, 15) is 0 Å². The van der Waals surface area contributed by atoms with E-state index >= 15 is 0 Å². The zero-order valence-electron chi connectivity index (χ0n) is 12.9. The normalized spacial score (nSPS) is 22.0. The molecule has 112 valence electrons. The van der Waals surface area contributed by atoms with Gasteiger partial charge in [0, 0.05) is 28.2 Å². The molecular formula is C16H25NO2S. The maximum absolute atomic E-state index is 5.61. The first-order valence-electron chi connectivity index (χ1n) is 7.30.